The first-order valence-corrected chi connectivity index (χ1v) is 28.0. The van der Waals surface area contributed by atoms with E-state index in [0.717, 1.165) is 69.6 Å². The molecule has 0 saturated carbocycles. The Morgan fingerprint density at radius 1 is 0.506 bits per heavy atom. The van der Waals surface area contributed by atoms with Gasteiger partial charge in [-0.3, -0.25) is 24.3 Å². The SMILES string of the molecule is C1CCOC1.CC(=O)N(C)c1ccccc1.O=C1C[C@@H]([C@H]2CCCN2C(c2ccccc2)(c2ccccc2)c2ccccc2)OCN1c1ccccc1.O=C[C@H]1CCCN1C(c1ccccc1)(c1ccccc1)c1ccccc1. The third-order valence-corrected chi connectivity index (χ3v) is 15.8. The van der Waals surface area contributed by atoms with Crippen molar-refractivity contribution in [2.24, 2.45) is 0 Å². The van der Waals surface area contributed by atoms with E-state index in [9.17, 15) is 14.4 Å². The van der Waals surface area contributed by atoms with Gasteiger partial charge < -0.3 is 19.2 Å². The zero-order valence-electron chi connectivity index (χ0n) is 45.7. The van der Waals surface area contributed by atoms with E-state index in [1.807, 2.05) is 78.9 Å². The van der Waals surface area contributed by atoms with Crippen molar-refractivity contribution in [3.05, 3.63) is 276 Å². The van der Waals surface area contributed by atoms with E-state index in [-0.39, 0.29) is 36.7 Å². The van der Waals surface area contributed by atoms with E-state index in [4.69, 9.17) is 9.47 Å². The fraction of sp³-hybridized carbons (Fsp3) is 0.271. The van der Waals surface area contributed by atoms with Gasteiger partial charge in [-0.05, 0) is 96.2 Å². The van der Waals surface area contributed by atoms with Crippen LogP contribution in [0.2, 0.25) is 0 Å². The number of hydrogen-bond acceptors (Lipinski definition) is 7. The van der Waals surface area contributed by atoms with Gasteiger partial charge in [0.1, 0.15) is 13.0 Å². The lowest BCUT2D eigenvalue weighted by atomic mass is 9.74. The van der Waals surface area contributed by atoms with Crippen LogP contribution in [0, 0.1) is 0 Å². The highest BCUT2D eigenvalue weighted by atomic mass is 16.5. The van der Waals surface area contributed by atoms with Crippen molar-refractivity contribution in [1.29, 1.82) is 0 Å². The summed E-state index contributed by atoms with van der Waals surface area (Å²) in [5.41, 5.74) is 8.15. The molecule has 4 heterocycles. The first-order valence-electron chi connectivity index (χ1n) is 28.0. The molecule has 4 aliphatic heterocycles. The molecule has 12 rings (SSSR count). The van der Waals surface area contributed by atoms with Crippen LogP contribution in [0.4, 0.5) is 11.4 Å². The second-order valence-corrected chi connectivity index (χ2v) is 20.5. The number of hydrogen-bond donors (Lipinski definition) is 0. The van der Waals surface area contributed by atoms with Crippen LogP contribution in [0.3, 0.4) is 0 Å². The molecule has 0 aromatic heterocycles. The van der Waals surface area contributed by atoms with Gasteiger partial charge in [0.15, 0.2) is 0 Å². The summed E-state index contributed by atoms with van der Waals surface area (Å²) in [4.78, 5) is 44.5. The number of para-hydroxylation sites is 2. The number of aldehydes is 1. The Kier molecular flexibility index (Phi) is 19.6. The molecule has 0 aliphatic carbocycles. The molecule has 79 heavy (non-hydrogen) atoms. The first kappa shape index (κ1) is 55.9. The average Bonchev–Trinajstić information content (AvgIpc) is 4.38. The summed E-state index contributed by atoms with van der Waals surface area (Å²) in [5, 5.41) is 0. The van der Waals surface area contributed by atoms with Gasteiger partial charge in [-0.2, -0.15) is 0 Å². The maximum atomic E-state index is 13.4. The molecule has 0 N–H and O–H groups in total. The summed E-state index contributed by atoms with van der Waals surface area (Å²) < 4.78 is 11.4. The lowest BCUT2D eigenvalue weighted by Gasteiger charge is -2.49. The van der Waals surface area contributed by atoms with Crippen LogP contribution >= 0.6 is 0 Å². The van der Waals surface area contributed by atoms with E-state index < -0.39 is 11.1 Å². The largest absolute Gasteiger partial charge is 0.381 e. The first-order chi connectivity index (χ1) is 38.9. The number of rotatable bonds is 12. The lowest BCUT2D eigenvalue weighted by Crippen LogP contribution is -2.57. The van der Waals surface area contributed by atoms with Crippen molar-refractivity contribution in [2.75, 3.05) is 49.9 Å². The van der Waals surface area contributed by atoms with Gasteiger partial charge in [0.25, 0.3) is 0 Å². The summed E-state index contributed by atoms with van der Waals surface area (Å²) in [5.74, 6) is 0.176. The van der Waals surface area contributed by atoms with Crippen LogP contribution < -0.4 is 9.80 Å². The molecule has 4 aliphatic rings. The Labute approximate surface area is 468 Å². The highest BCUT2D eigenvalue weighted by Gasteiger charge is 2.50. The van der Waals surface area contributed by atoms with E-state index in [1.54, 1.807) is 23.8 Å². The van der Waals surface area contributed by atoms with Crippen molar-refractivity contribution >= 4 is 29.5 Å². The van der Waals surface area contributed by atoms with E-state index in [2.05, 4.69) is 174 Å². The molecule has 9 nitrogen and oxygen atoms in total. The highest BCUT2D eigenvalue weighted by Crippen LogP contribution is 2.48. The third kappa shape index (κ3) is 12.7. The minimum atomic E-state index is -0.492. The Morgan fingerprint density at radius 2 is 0.873 bits per heavy atom. The lowest BCUT2D eigenvalue weighted by molar-refractivity contribution is -0.131. The van der Waals surface area contributed by atoms with Gasteiger partial charge >= 0.3 is 0 Å². The normalized spacial score (nSPS) is 18.4. The molecule has 0 spiro atoms. The molecule has 2 amide bonds. The maximum absolute atomic E-state index is 13.4. The Morgan fingerprint density at radius 3 is 1.24 bits per heavy atom. The molecule has 4 fully saturated rings. The number of amides is 2. The fourth-order valence-corrected chi connectivity index (χ4v) is 12.0. The monoisotopic (exact) mass is 1050 g/mol. The van der Waals surface area contributed by atoms with Crippen molar-refractivity contribution in [3.8, 4) is 0 Å². The molecule has 3 atom stereocenters. The zero-order valence-corrected chi connectivity index (χ0v) is 45.7. The van der Waals surface area contributed by atoms with Crippen molar-refractivity contribution in [1.82, 2.24) is 9.80 Å². The minimum Gasteiger partial charge on any atom is -0.381 e. The summed E-state index contributed by atoms with van der Waals surface area (Å²) in [6, 6.07) is 83.5. The van der Waals surface area contributed by atoms with Crippen molar-refractivity contribution in [3.63, 3.8) is 0 Å². The summed E-state index contributed by atoms with van der Waals surface area (Å²) in [7, 11) is 1.76. The number of likely N-dealkylation sites (tertiary alicyclic amines) is 2. The topological polar surface area (TPSA) is 82.6 Å². The zero-order chi connectivity index (χ0) is 54.7. The summed E-state index contributed by atoms with van der Waals surface area (Å²) >= 11 is 0. The average molecular weight is 1050 g/mol. The van der Waals surface area contributed by atoms with Gasteiger partial charge in [-0.15, -0.1) is 0 Å². The molecule has 9 heteroatoms. The molecular weight excluding hydrogens is 977 g/mol. The van der Waals surface area contributed by atoms with Crippen LogP contribution in [0.15, 0.2) is 243 Å². The fourth-order valence-electron chi connectivity index (χ4n) is 12.0. The van der Waals surface area contributed by atoms with Gasteiger partial charge in [0, 0.05) is 57.7 Å². The number of carbonyl (C=O) groups is 3. The molecule has 0 unspecified atom stereocenters. The molecule has 8 aromatic carbocycles. The Balaban J connectivity index is 0.000000155. The highest BCUT2D eigenvalue weighted by molar-refractivity contribution is 5.94. The van der Waals surface area contributed by atoms with Gasteiger partial charge in [0.2, 0.25) is 11.8 Å². The molecule has 404 valence electrons. The quantitative estimate of drug-likeness (QED) is 0.0890. The van der Waals surface area contributed by atoms with E-state index in [1.165, 1.54) is 46.2 Å². The van der Waals surface area contributed by atoms with Crippen LogP contribution in [0.1, 0.15) is 85.3 Å². The van der Waals surface area contributed by atoms with Gasteiger partial charge in [-0.25, -0.2) is 0 Å². The van der Waals surface area contributed by atoms with Crippen molar-refractivity contribution < 1.29 is 23.9 Å². The predicted octanol–water partition coefficient (Wildman–Crippen LogP) is 13.3. The number of anilines is 2. The molecule has 8 aromatic rings. The Bertz CT molecular complexity index is 2880. The van der Waals surface area contributed by atoms with E-state index in [0.29, 0.717) is 6.42 Å². The molecule has 4 saturated heterocycles. The molecule has 0 radical (unpaired) electrons. The third-order valence-electron chi connectivity index (χ3n) is 15.8. The predicted molar refractivity (Wildman–Crippen MR) is 318 cm³/mol. The van der Waals surface area contributed by atoms with Gasteiger partial charge in [-0.1, -0.05) is 218 Å². The minimum absolute atomic E-state index is 0.0520. The molecule has 0 bridgehead atoms. The van der Waals surface area contributed by atoms with Crippen LogP contribution in [-0.2, 0) is 34.9 Å². The van der Waals surface area contributed by atoms with Crippen LogP contribution in [-0.4, -0.2) is 86.2 Å². The summed E-state index contributed by atoms with van der Waals surface area (Å²) in [6.07, 6.45) is 7.91. The number of carbonyl (C=O) groups excluding carboxylic acids is 3. The number of ether oxygens (including phenoxy) is 2. The summed E-state index contributed by atoms with van der Waals surface area (Å²) in [6.45, 7) is 5.67. The maximum Gasteiger partial charge on any atom is 0.231 e. The smallest absolute Gasteiger partial charge is 0.231 e. The standard InChI is InChI=1S/C33H32N2O2.C24H23NO.C9H11NO.C4H8O/c36-32-24-31(37-25-34(32)29-20-11-4-12-21-29)30-22-13-23-35(30)33(26-14-5-1-6-15-26,27-16-7-2-8-17-27)28-18-9-3-10-19-28;26-19-23-17-10-18-25(23)24(20-11-4-1-5-12-20,21-13-6-2-7-14-21)22-15-8-3-9-16-22;1-8(11)10(2)9-6-4-3-5-7-9;1-2-4-5-3-1/h1-12,14-21,30-31H,13,22-25H2;1-9,11-16,19,23H,10,17-18H2;3-7H,1-2H3;1-4H2/t30-,31+;23-;;/m11../s1. The second kappa shape index (κ2) is 27.7. The Hall–Kier alpha value is -7.79. The van der Waals surface area contributed by atoms with E-state index >= 15 is 0 Å². The number of nitrogens with zero attached hydrogens (tertiary/aromatic N) is 4. The van der Waals surface area contributed by atoms with Crippen LogP contribution in [0.25, 0.3) is 0 Å². The second-order valence-electron chi connectivity index (χ2n) is 20.5. The van der Waals surface area contributed by atoms with Crippen molar-refractivity contribution in [2.45, 2.75) is 81.1 Å². The van der Waals surface area contributed by atoms with Crippen LogP contribution in [0.5, 0.6) is 0 Å². The van der Waals surface area contributed by atoms with Gasteiger partial charge in [0.05, 0.1) is 29.6 Å². The molecular formula is C70H74N4O5. The number of benzene rings is 8.